The lowest BCUT2D eigenvalue weighted by Gasteiger charge is -2.28. The summed E-state index contributed by atoms with van der Waals surface area (Å²) in [5, 5.41) is 2.87. The zero-order chi connectivity index (χ0) is 17.4. The molecule has 1 aliphatic heterocycles. The normalized spacial score (nSPS) is 16.4. The second kappa shape index (κ2) is 6.78. The molecule has 0 atom stereocenters. The Morgan fingerprint density at radius 3 is 2.84 bits per heavy atom. The number of anilines is 1. The fourth-order valence-corrected chi connectivity index (χ4v) is 4.27. The summed E-state index contributed by atoms with van der Waals surface area (Å²) in [6.45, 7) is 2.21. The van der Waals surface area contributed by atoms with Crippen molar-refractivity contribution in [3.63, 3.8) is 0 Å². The standard InChI is InChI=1S/C18H19ClN4OS/c1-23-8-6-11(7-9-23)12-10-20-13-2-5-16(21-17(12)13)22-18(24)14-3-4-15(19)25-14/h2-5,10-11,20H,6-9H2,1H3,(H,21,22,24). The molecule has 0 radical (unpaired) electrons. The molecule has 130 valence electrons. The van der Waals surface area contributed by atoms with Gasteiger partial charge >= 0.3 is 0 Å². The van der Waals surface area contributed by atoms with Crippen LogP contribution in [0.25, 0.3) is 11.0 Å². The quantitative estimate of drug-likeness (QED) is 0.716. The summed E-state index contributed by atoms with van der Waals surface area (Å²) in [5.74, 6) is 0.899. The number of carbonyl (C=O) groups is 1. The second-order valence-electron chi connectivity index (χ2n) is 6.47. The summed E-state index contributed by atoms with van der Waals surface area (Å²) in [5.41, 5.74) is 3.21. The fourth-order valence-electron chi connectivity index (χ4n) is 3.33. The Hall–Kier alpha value is -1.89. The van der Waals surface area contributed by atoms with Crippen LogP contribution in [0.1, 0.15) is 34.0 Å². The maximum Gasteiger partial charge on any atom is 0.266 e. The molecule has 0 unspecified atom stereocenters. The Labute approximate surface area is 155 Å². The van der Waals surface area contributed by atoms with Crippen molar-refractivity contribution in [2.24, 2.45) is 0 Å². The largest absolute Gasteiger partial charge is 0.360 e. The summed E-state index contributed by atoms with van der Waals surface area (Å²) >= 11 is 7.16. The SMILES string of the molecule is CN1CCC(c2c[nH]c3ccc(NC(=O)c4ccc(Cl)s4)nc23)CC1. The van der Waals surface area contributed by atoms with E-state index in [2.05, 4.69) is 28.4 Å². The third-order valence-corrected chi connectivity index (χ3v) is 5.98. The first-order valence-corrected chi connectivity index (χ1v) is 9.53. The number of nitrogens with zero attached hydrogens (tertiary/aromatic N) is 2. The van der Waals surface area contributed by atoms with E-state index < -0.39 is 0 Å². The maximum absolute atomic E-state index is 12.3. The van der Waals surface area contributed by atoms with Crippen LogP contribution < -0.4 is 5.32 Å². The van der Waals surface area contributed by atoms with Crippen LogP contribution in [0.15, 0.2) is 30.5 Å². The highest BCUT2D eigenvalue weighted by molar-refractivity contribution is 7.18. The molecule has 4 heterocycles. The zero-order valence-electron chi connectivity index (χ0n) is 13.9. The highest BCUT2D eigenvalue weighted by Gasteiger charge is 2.22. The van der Waals surface area contributed by atoms with Crippen LogP contribution >= 0.6 is 22.9 Å². The molecule has 1 fully saturated rings. The van der Waals surface area contributed by atoms with E-state index in [0.29, 0.717) is 20.9 Å². The van der Waals surface area contributed by atoms with E-state index in [1.807, 2.05) is 12.1 Å². The van der Waals surface area contributed by atoms with Crippen molar-refractivity contribution in [3.05, 3.63) is 45.2 Å². The van der Waals surface area contributed by atoms with Gasteiger partial charge in [0.1, 0.15) is 5.82 Å². The van der Waals surface area contributed by atoms with Crippen LogP contribution in [0.5, 0.6) is 0 Å². The lowest BCUT2D eigenvalue weighted by Crippen LogP contribution is -2.29. The van der Waals surface area contributed by atoms with Crippen LogP contribution in [-0.2, 0) is 0 Å². The molecule has 0 aliphatic carbocycles. The molecular weight excluding hydrogens is 356 g/mol. The topological polar surface area (TPSA) is 61.0 Å². The number of amides is 1. The number of hydrogen-bond acceptors (Lipinski definition) is 4. The molecule has 1 aliphatic rings. The summed E-state index contributed by atoms with van der Waals surface area (Å²) < 4.78 is 0.601. The number of hydrogen-bond donors (Lipinski definition) is 2. The van der Waals surface area contributed by atoms with Crippen LogP contribution in [0.4, 0.5) is 5.82 Å². The van der Waals surface area contributed by atoms with Crippen LogP contribution in [-0.4, -0.2) is 40.9 Å². The average Bonchev–Trinajstić information content (AvgIpc) is 3.22. The fraction of sp³-hybridized carbons (Fsp3) is 0.333. The highest BCUT2D eigenvalue weighted by Crippen LogP contribution is 2.32. The van der Waals surface area contributed by atoms with Crippen molar-refractivity contribution in [1.29, 1.82) is 0 Å². The lowest BCUT2D eigenvalue weighted by atomic mass is 9.91. The number of likely N-dealkylation sites (tertiary alicyclic amines) is 1. The lowest BCUT2D eigenvalue weighted by molar-refractivity contribution is 0.103. The van der Waals surface area contributed by atoms with Gasteiger partial charge in [-0.1, -0.05) is 11.6 Å². The van der Waals surface area contributed by atoms with E-state index in [-0.39, 0.29) is 5.91 Å². The maximum atomic E-state index is 12.3. The Morgan fingerprint density at radius 2 is 2.12 bits per heavy atom. The molecule has 3 aromatic rings. The third kappa shape index (κ3) is 3.42. The number of aromatic amines is 1. The number of pyridine rings is 1. The van der Waals surface area contributed by atoms with Crippen molar-refractivity contribution >= 4 is 45.7 Å². The molecule has 1 saturated heterocycles. The summed E-state index contributed by atoms with van der Waals surface area (Å²) in [7, 11) is 2.16. The smallest absolute Gasteiger partial charge is 0.266 e. The summed E-state index contributed by atoms with van der Waals surface area (Å²) in [6.07, 6.45) is 4.34. The number of rotatable bonds is 3. The number of thiophene rings is 1. The number of H-pyrrole nitrogens is 1. The van der Waals surface area contributed by atoms with Crippen LogP contribution in [0.3, 0.4) is 0 Å². The second-order valence-corrected chi connectivity index (χ2v) is 8.19. The van der Waals surface area contributed by atoms with Gasteiger partial charge in [0.25, 0.3) is 5.91 Å². The van der Waals surface area contributed by atoms with Crippen LogP contribution in [0, 0.1) is 0 Å². The Balaban J connectivity index is 1.59. The molecule has 7 heteroatoms. The van der Waals surface area contributed by atoms with Gasteiger partial charge in [-0.05, 0) is 68.7 Å². The van der Waals surface area contributed by atoms with Gasteiger partial charge in [-0.25, -0.2) is 4.98 Å². The van der Waals surface area contributed by atoms with Gasteiger partial charge in [-0.2, -0.15) is 0 Å². The minimum absolute atomic E-state index is 0.180. The number of piperidine rings is 1. The van der Waals surface area contributed by atoms with E-state index in [0.717, 1.165) is 37.0 Å². The van der Waals surface area contributed by atoms with Gasteiger partial charge < -0.3 is 15.2 Å². The Kier molecular flexibility index (Phi) is 4.50. The van der Waals surface area contributed by atoms with Crippen molar-refractivity contribution in [1.82, 2.24) is 14.9 Å². The first kappa shape index (κ1) is 16.6. The molecular formula is C18H19ClN4OS. The minimum atomic E-state index is -0.180. The first-order chi connectivity index (χ1) is 12.1. The van der Waals surface area contributed by atoms with Crippen molar-refractivity contribution in [3.8, 4) is 0 Å². The number of fused-ring (bicyclic) bond motifs is 1. The molecule has 0 spiro atoms. The van der Waals surface area contributed by atoms with E-state index >= 15 is 0 Å². The zero-order valence-corrected chi connectivity index (χ0v) is 15.5. The van der Waals surface area contributed by atoms with E-state index in [1.165, 1.54) is 16.9 Å². The van der Waals surface area contributed by atoms with Crippen LogP contribution in [0.2, 0.25) is 4.34 Å². The van der Waals surface area contributed by atoms with E-state index in [9.17, 15) is 4.79 Å². The number of halogens is 1. The highest BCUT2D eigenvalue weighted by atomic mass is 35.5. The van der Waals surface area contributed by atoms with Gasteiger partial charge in [0.2, 0.25) is 0 Å². The van der Waals surface area contributed by atoms with Crippen molar-refractivity contribution < 1.29 is 4.79 Å². The van der Waals surface area contributed by atoms with Gasteiger partial charge in [0.05, 0.1) is 20.2 Å². The van der Waals surface area contributed by atoms with Gasteiger partial charge in [0, 0.05) is 6.20 Å². The van der Waals surface area contributed by atoms with Crippen molar-refractivity contribution in [2.75, 3.05) is 25.5 Å². The molecule has 4 rings (SSSR count). The Bertz CT molecular complexity index is 911. The number of aromatic nitrogens is 2. The molecule has 1 amide bonds. The number of nitrogens with one attached hydrogen (secondary N) is 2. The predicted octanol–water partition coefficient (Wildman–Crippen LogP) is 4.34. The molecule has 2 N–H and O–H groups in total. The van der Waals surface area contributed by atoms with Crippen molar-refractivity contribution in [2.45, 2.75) is 18.8 Å². The summed E-state index contributed by atoms with van der Waals surface area (Å²) in [6, 6.07) is 7.24. The molecule has 3 aromatic heterocycles. The number of carbonyl (C=O) groups excluding carboxylic acids is 1. The molecule has 0 saturated carbocycles. The van der Waals surface area contributed by atoms with E-state index in [1.54, 1.807) is 12.1 Å². The predicted molar refractivity (Wildman–Crippen MR) is 103 cm³/mol. The molecule has 5 nitrogen and oxygen atoms in total. The van der Waals surface area contributed by atoms with E-state index in [4.69, 9.17) is 16.6 Å². The Morgan fingerprint density at radius 1 is 1.32 bits per heavy atom. The first-order valence-electron chi connectivity index (χ1n) is 8.33. The van der Waals surface area contributed by atoms with Gasteiger partial charge in [-0.3, -0.25) is 4.79 Å². The molecule has 0 bridgehead atoms. The summed E-state index contributed by atoms with van der Waals surface area (Å²) in [4.78, 5) is 23.3. The third-order valence-electron chi connectivity index (χ3n) is 4.75. The molecule has 0 aromatic carbocycles. The average molecular weight is 375 g/mol. The molecule has 25 heavy (non-hydrogen) atoms. The minimum Gasteiger partial charge on any atom is -0.360 e. The monoisotopic (exact) mass is 374 g/mol. The van der Waals surface area contributed by atoms with Gasteiger partial charge in [-0.15, -0.1) is 11.3 Å². The van der Waals surface area contributed by atoms with Gasteiger partial charge in [0.15, 0.2) is 0 Å².